The van der Waals surface area contributed by atoms with E-state index >= 15 is 0 Å². The fourth-order valence-corrected chi connectivity index (χ4v) is 1.86. The monoisotopic (exact) mass is 268 g/mol. The molecule has 0 saturated heterocycles. The fourth-order valence-electron chi connectivity index (χ4n) is 1.86. The van der Waals surface area contributed by atoms with Crippen LogP contribution in [0.25, 0.3) is 0 Å². The first kappa shape index (κ1) is 15.5. The molecule has 6 heteroatoms. The Morgan fingerprint density at radius 3 is 2.47 bits per heavy atom. The quantitative estimate of drug-likeness (QED) is 0.746. The van der Waals surface area contributed by atoms with Crippen LogP contribution in [0.3, 0.4) is 0 Å². The van der Waals surface area contributed by atoms with Gasteiger partial charge in [-0.1, -0.05) is 13.8 Å². The second-order valence-electron chi connectivity index (χ2n) is 4.49. The molecular formula is C13H24N4O2. The summed E-state index contributed by atoms with van der Waals surface area (Å²) in [5.41, 5.74) is 8.00. The number of nitrogens with zero attached hydrogens (tertiary/aromatic N) is 3. The van der Waals surface area contributed by atoms with Crippen molar-refractivity contribution >= 4 is 11.7 Å². The summed E-state index contributed by atoms with van der Waals surface area (Å²) in [5.74, 6) is -0.280. The molecule has 1 heterocycles. The predicted octanol–water partition coefficient (Wildman–Crippen LogP) is 0.967. The Morgan fingerprint density at radius 1 is 1.37 bits per heavy atom. The molecule has 1 aromatic heterocycles. The molecule has 0 spiro atoms. The van der Waals surface area contributed by atoms with Crippen LogP contribution in [-0.4, -0.2) is 46.9 Å². The number of carbonyl (C=O) groups is 1. The topological polar surface area (TPSA) is 73.4 Å². The molecular weight excluding hydrogens is 244 g/mol. The molecule has 0 bridgehead atoms. The maximum atomic E-state index is 11.7. The highest BCUT2D eigenvalue weighted by Gasteiger charge is 2.12. The van der Waals surface area contributed by atoms with Gasteiger partial charge in [0, 0.05) is 6.54 Å². The summed E-state index contributed by atoms with van der Waals surface area (Å²) in [7, 11) is 0. The lowest BCUT2D eigenvalue weighted by atomic mass is 10.3. The van der Waals surface area contributed by atoms with Crippen LogP contribution in [0.4, 0.5) is 5.69 Å². The molecule has 0 aromatic carbocycles. The molecule has 0 fully saturated rings. The zero-order valence-electron chi connectivity index (χ0n) is 12.3. The summed E-state index contributed by atoms with van der Waals surface area (Å²) < 4.78 is 6.79. The Bertz CT molecular complexity index is 425. The lowest BCUT2D eigenvalue weighted by Crippen LogP contribution is -2.28. The minimum Gasteiger partial charge on any atom is -0.463 e. The molecule has 6 nitrogen and oxygen atoms in total. The zero-order valence-corrected chi connectivity index (χ0v) is 12.3. The van der Waals surface area contributed by atoms with Gasteiger partial charge in [-0.2, -0.15) is 5.10 Å². The van der Waals surface area contributed by atoms with Crippen LogP contribution in [-0.2, 0) is 16.1 Å². The number of rotatable bonds is 7. The van der Waals surface area contributed by atoms with E-state index in [1.807, 2.05) is 13.8 Å². The maximum Gasteiger partial charge on any atom is 0.327 e. The van der Waals surface area contributed by atoms with Crippen molar-refractivity contribution in [2.45, 2.75) is 34.2 Å². The number of likely N-dealkylation sites (N-methyl/N-ethyl adjacent to an activating group) is 1. The molecule has 19 heavy (non-hydrogen) atoms. The second kappa shape index (κ2) is 7.13. The zero-order chi connectivity index (χ0) is 14.4. The van der Waals surface area contributed by atoms with Crippen LogP contribution in [0.1, 0.15) is 25.2 Å². The standard InChI is InChI=1S/C13H24N4O2/c1-5-16(6-2)7-8-19-12(18)9-17-11(4)13(14)10(3)15-17/h5-9,14H2,1-4H3. The van der Waals surface area contributed by atoms with Gasteiger partial charge in [-0.05, 0) is 26.9 Å². The number of anilines is 1. The van der Waals surface area contributed by atoms with Crippen LogP contribution in [0.5, 0.6) is 0 Å². The van der Waals surface area contributed by atoms with E-state index in [4.69, 9.17) is 10.5 Å². The van der Waals surface area contributed by atoms with E-state index < -0.39 is 0 Å². The van der Waals surface area contributed by atoms with E-state index in [-0.39, 0.29) is 12.5 Å². The summed E-state index contributed by atoms with van der Waals surface area (Å²) in [5, 5.41) is 4.21. The van der Waals surface area contributed by atoms with Crippen molar-refractivity contribution in [2.75, 3.05) is 32.0 Å². The van der Waals surface area contributed by atoms with Crippen LogP contribution < -0.4 is 5.73 Å². The minimum atomic E-state index is -0.280. The summed E-state index contributed by atoms with van der Waals surface area (Å²) in [6.45, 7) is 11.1. The van der Waals surface area contributed by atoms with Crippen molar-refractivity contribution in [1.82, 2.24) is 14.7 Å². The molecule has 0 radical (unpaired) electrons. The van der Waals surface area contributed by atoms with Gasteiger partial charge in [-0.3, -0.25) is 9.48 Å². The van der Waals surface area contributed by atoms with Crippen molar-refractivity contribution in [3.63, 3.8) is 0 Å². The number of esters is 1. The molecule has 0 atom stereocenters. The minimum absolute atomic E-state index is 0.113. The molecule has 108 valence electrons. The Balaban J connectivity index is 2.41. The van der Waals surface area contributed by atoms with Crippen molar-refractivity contribution < 1.29 is 9.53 Å². The third-order valence-electron chi connectivity index (χ3n) is 3.28. The van der Waals surface area contributed by atoms with Gasteiger partial charge in [0.05, 0.1) is 17.1 Å². The molecule has 1 aromatic rings. The molecule has 0 saturated carbocycles. The van der Waals surface area contributed by atoms with Crippen molar-refractivity contribution in [1.29, 1.82) is 0 Å². The summed E-state index contributed by atoms with van der Waals surface area (Å²) >= 11 is 0. The number of nitrogen functional groups attached to an aromatic ring is 1. The molecule has 2 N–H and O–H groups in total. The average molecular weight is 268 g/mol. The number of nitrogens with two attached hydrogens (primary N) is 1. The molecule has 0 aliphatic carbocycles. The van der Waals surface area contributed by atoms with Gasteiger partial charge in [0.25, 0.3) is 0 Å². The maximum absolute atomic E-state index is 11.7. The highest BCUT2D eigenvalue weighted by Crippen LogP contribution is 2.14. The van der Waals surface area contributed by atoms with Crippen molar-refractivity contribution in [2.24, 2.45) is 0 Å². The van der Waals surface area contributed by atoms with Crippen molar-refractivity contribution in [3.05, 3.63) is 11.4 Å². The molecule has 0 aliphatic heterocycles. The van der Waals surface area contributed by atoms with Gasteiger partial charge in [-0.15, -0.1) is 0 Å². The summed E-state index contributed by atoms with van der Waals surface area (Å²) in [4.78, 5) is 13.9. The largest absolute Gasteiger partial charge is 0.463 e. The Kier molecular flexibility index (Phi) is 5.82. The SMILES string of the molecule is CCN(CC)CCOC(=O)Cn1nc(C)c(N)c1C. The van der Waals surface area contributed by atoms with E-state index in [2.05, 4.69) is 23.8 Å². The predicted molar refractivity (Wildman–Crippen MR) is 74.9 cm³/mol. The van der Waals surface area contributed by atoms with E-state index in [0.717, 1.165) is 31.0 Å². The number of hydrogen-bond acceptors (Lipinski definition) is 5. The van der Waals surface area contributed by atoms with Gasteiger partial charge in [-0.25, -0.2) is 0 Å². The smallest absolute Gasteiger partial charge is 0.327 e. The normalized spacial score (nSPS) is 11.0. The summed E-state index contributed by atoms with van der Waals surface area (Å²) in [6, 6.07) is 0. The first-order chi connectivity index (χ1) is 8.99. The van der Waals surface area contributed by atoms with Gasteiger partial charge in [0.15, 0.2) is 0 Å². The first-order valence-electron chi connectivity index (χ1n) is 6.67. The number of hydrogen-bond donors (Lipinski definition) is 1. The Hall–Kier alpha value is -1.56. The average Bonchev–Trinajstić information content (AvgIpc) is 2.62. The first-order valence-corrected chi connectivity index (χ1v) is 6.67. The van der Waals surface area contributed by atoms with Crippen LogP contribution in [0.2, 0.25) is 0 Å². The van der Waals surface area contributed by atoms with Gasteiger partial charge in [0.2, 0.25) is 0 Å². The van der Waals surface area contributed by atoms with E-state index in [1.54, 1.807) is 4.68 Å². The van der Waals surface area contributed by atoms with E-state index in [0.29, 0.717) is 12.3 Å². The third-order valence-corrected chi connectivity index (χ3v) is 3.28. The highest BCUT2D eigenvalue weighted by atomic mass is 16.5. The fraction of sp³-hybridized carbons (Fsp3) is 0.692. The van der Waals surface area contributed by atoms with Crippen molar-refractivity contribution in [3.8, 4) is 0 Å². The molecule has 0 amide bonds. The van der Waals surface area contributed by atoms with Crippen LogP contribution >= 0.6 is 0 Å². The number of carbonyl (C=O) groups excluding carboxylic acids is 1. The molecule has 0 unspecified atom stereocenters. The van der Waals surface area contributed by atoms with Crippen LogP contribution in [0.15, 0.2) is 0 Å². The lowest BCUT2D eigenvalue weighted by Gasteiger charge is -2.17. The Labute approximate surface area is 114 Å². The molecule has 0 aliphatic rings. The van der Waals surface area contributed by atoms with Gasteiger partial charge < -0.3 is 15.4 Å². The lowest BCUT2D eigenvalue weighted by molar-refractivity contribution is -0.145. The number of aromatic nitrogens is 2. The van der Waals surface area contributed by atoms with Gasteiger partial charge in [0.1, 0.15) is 13.2 Å². The Morgan fingerprint density at radius 2 is 2.00 bits per heavy atom. The van der Waals surface area contributed by atoms with Gasteiger partial charge >= 0.3 is 5.97 Å². The van der Waals surface area contributed by atoms with E-state index in [1.165, 1.54) is 0 Å². The second-order valence-corrected chi connectivity index (χ2v) is 4.49. The van der Waals surface area contributed by atoms with E-state index in [9.17, 15) is 4.79 Å². The summed E-state index contributed by atoms with van der Waals surface area (Å²) in [6.07, 6.45) is 0. The highest BCUT2D eigenvalue weighted by molar-refractivity contribution is 5.69. The third kappa shape index (κ3) is 4.24. The number of ether oxygens (including phenoxy) is 1. The molecule has 1 rings (SSSR count). The number of aryl methyl sites for hydroxylation is 1. The van der Waals surface area contributed by atoms with Crippen LogP contribution in [0, 0.1) is 13.8 Å².